The van der Waals surface area contributed by atoms with Gasteiger partial charge in [0.25, 0.3) is 5.91 Å². The first-order valence-electron chi connectivity index (χ1n) is 8.92. The van der Waals surface area contributed by atoms with E-state index in [1.807, 2.05) is 44.2 Å². The summed E-state index contributed by atoms with van der Waals surface area (Å²) in [5.41, 5.74) is 10.7. The third-order valence-corrected chi connectivity index (χ3v) is 5.16. The summed E-state index contributed by atoms with van der Waals surface area (Å²) in [5.74, 6) is 0.760. The molecule has 2 aromatic carbocycles. The van der Waals surface area contributed by atoms with Gasteiger partial charge in [0.2, 0.25) is 0 Å². The molecule has 1 heterocycles. The van der Waals surface area contributed by atoms with Gasteiger partial charge in [-0.1, -0.05) is 6.07 Å². The van der Waals surface area contributed by atoms with Gasteiger partial charge in [-0.15, -0.1) is 0 Å². The van der Waals surface area contributed by atoms with Crippen LogP contribution in [0.25, 0.3) is 0 Å². The zero-order chi connectivity index (χ0) is 17.6. The van der Waals surface area contributed by atoms with E-state index < -0.39 is 0 Å². The first-order chi connectivity index (χ1) is 11.9. The van der Waals surface area contributed by atoms with E-state index in [1.165, 1.54) is 17.5 Å². The molecule has 1 aliphatic carbocycles. The van der Waals surface area contributed by atoms with Gasteiger partial charge in [-0.3, -0.25) is 4.79 Å². The summed E-state index contributed by atoms with van der Waals surface area (Å²) in [6, 6.07) is 11.6. The summed E-state index contributed by atoms with van der Waals surface area (Å²) >= 11 is 0. The van der Waals surface area contributed by atoms with Gasteiger partial charge in [-0.05, 0) is 74.6 Å². The molecule has 3 N–H and O–H groups in total. The highest BCUT2D eigenvalue weighted by molar-refractivity contribution is 5.95. The van der Waals surface area contributed by atoms with Crippen molar-refractivity contribution in [2.75, 3.05) is 5.73 Å². The van der Waals surface area contributed by atoms with Crippen LogP contribution >= 0.6 is 0 Å². The topological polar surface area (TPSA) is 64.4 Å². The number of hydrogen-bond acceptors (Lipinski definition) is 3. The second-order valence-corrected chi connectivity index (χ2v) is 7.73. The number of amides is 1. The SMILES string of the molecule is CC1(C)CC(NC(=O)c2ccc3c(c2)CCC3)c2cc(N)ccc2O1. The molecule has 0 fully saturated rings. The van der Waals surface area contributed by atoms with Gasteiger partial charge < -0.3 is 15.8 Å². The molecule has 2 aliphatic rings. The van der Waals surface area contributed by atoms with E-state index in [4.69, 9.17) is 10.5 Å². The Balaban J connectivity index is 1.61. The van der Waals surface area contributed by atoms with Crippen molar-refractivity contribution in [3.8, 4) is 5.75 Å². The van der Waals surface area contributed by atoms with Crippen LogP contribution in [0.4, 0.5) is 5.69 Å². The number of rotatable bonds is 2. The van der Waals surface area contributed by atoms with Crippen molar-refractivity contribution in [2.24, 2.45) is 0 Å². The normalized spacial score (nSPS) is 20.3. The number of nitrogen functional groups attached to an aromatic ring is 1. The van der Waals surface area contributed by atoms with Crippen LogP contribution in [0.15, 0.2) is 36.4 Å². The molecule has 0 radical (unpaired) electrons. The van der Waals surface area contributed by atoms with Crippen molar-refractivity contribution in [1.29, 1.82) is 0 Å². The van der Waals surface area contributed by atoms with Gasteiger partial charge in [0.1, 0.15) is 11.4 Å². The van der Waals surface area contributed by atoms with Gasteiger partial charge >= 0.3 is 0 Å². The number of aryl methyl sites for hydroxylation is 2. The Hall–Kier alpha value is -2.49. The Morgan fingerprint density at radius 1 is 1.16 bits per heavy atom. The Kier molecular flexibility index (Phi) is 3.71. The zero-order valence-electron chi connectivity index (χ0n) is 14.8. The average molecular weight is 336 g/mol. The van der Waals surface area contributed by atoms with E-state index >= 15 is 0 Å². The Bertz CT molecular complexity index is 842. The fourth-order valence-corrected chi connectivity index (χ4v) is 3.96. The molecule has 1 amide bonds. The first kappa shape index (κ1) is 16.0. The summed E-state index contributed by atoms with van der Waals surface area (Å²) in [7, 11) is 0. The second kappa shape index (κ2) is 5.80. The predicted molar refractivity (Wildman–Crippen MR) is 98.9 cm³/mol. The van der Waals surface area contributed by atoms with E-state index in [2.05, 4.69) is 11.4 Å². The van der Waals surface area contributed by atoms with Crippen molar-refractivity contribution in [3.05, 3.63) is 58.7 Å². The highest BCUT2D eigenvalue weighted by Crippen LogP contribution is 2.40. The van der Waals surface area contributed by atoms with Crippen LogP contribution in [-0.4, -0.2) is 11.5 Å². The molecule has 1 aliphatic heterocycles. The Morgan fingerprint density at radius 3 is 2.80 bits per heavy atom. The number of nitrogens with two attached hydrogens (primary N) is 1. The van der Waals surface area contributed by atoms with Crippen molar-refractivity contribution in [1.82, 2.24) is 5.32 Å². The molecule has 25 heavy (non-hydrogen) atoms. The summed E-state index contributed by atoms with van der Waals surface area (Å²) < 4.78 is 6.05. The number of carbonyl (C=O) groups is 1. The molecule has 1 unspecified atom stereocenters. The number of hydrogen-bond donors (Lipinski definition) is 2. The quantitative estimate of drug-likeness (QED) is 0.820. The van der Waals surface area contributed by atoms with Crippen LogP contribution < -0.4 is 15.8 Å². The van der Waals surface area contributed by atoms with Crippen LogP contribution in [0.5, 0.6) is 5.75 Å². The molecule has 0 saturated heterocycles. The minimum Gasteiger partial charge on any atom is -0.487 e. The number of benzene rings is 2. The Labute approximate surface area is 148 Å². The van der Waals surface area contributed by atoms with Gasteiger partial charge in [0, 0.05) is 23.2 Å². The van der Waals surface area contributed by atoms with Crippen LogP contribution in [0.1, 0.15) is 59.8 Å². The molecule has 2 aromatic rings. The first-order valence-corrected chi connectivity index (χ1v) is 8.92. The molecule has 0 saturated carbocycles. The maximum atomic E-state index is 12.8. The highest BCUT2D eigenvalue weighted by atomic mass is 16.5. The van der Waals surface area contributed by atoms with E-state index in [0.29, 0.717) is 12.1 Å². The molecule has 0 spiro atoms. The van der Waals surface area contributed by atoms with Crippen LogP contribution in [0.2, 0.25) is 0 Å². The molecule has 4 rings (SSSR count). The third-order valence-electron chi connectivity index (χ3n) is 5.16. The molecule has 0 aromatic heterocycles. The number of carbonyl (C=O) groups excluding carboxylic acids is 1. The fraction of sp³-hybridized carbons (Fsp3) is 0.381. The zero-order valence-corrected chi connectivity index (χ0v) is 14.8. The largest absolute Gasteiger partial charge is 0.487 e. The Morgan fingerprint density at radius 2 is 1.96 bits per heavy atom. The fourth-order valence-electron chi connectivity index (χ4n) is 3.96. The molecular weight excluding hydrogens is 312 g/mol. The molecule has 130 valence electrons. The molecule has 4 heteroatoms. The standard InChI is InChI=1S/C21H24N2O2/c1-21(2)12-18(17-11-16(22)8-9-19(17)25-21)23-20(24)15-7-6-13-4-3-5-14(13)10-15/h6-11,18H,3-5,12,22H2,1-2H3,(H,23,24). The smallest absolute Gasteiger partial charge is 0.251 e. The van der Waals surface area contributed by atoms with E-state index in [-0.39, 0.29) is 17.6 Å². The maximum Gasteiger partial charge on any atom is 0.251 e. The van der Waals surface area contributed by atoms with E-state index in [0.717, 1.165) is 29.7 Å². The lowest BCUT2D eigenvalue weighted by Crippen LogP contribution is -2.41. The lowest BCUT2D eigenvalue weighted by molar-refractivity contribution is 0.0620. The summed E-state index contributed by atoms with van der Waals surface area (Å²) in [4.78, 5) is 12.8. The minimum atomic E-state index is -0.334. The van der Waals surface area contributed by atoms with Gasteiger partial charge in [0.15, 0.2) is 0 Å². The number of fused-ring (bicyclic) bond motifs is 2. The van der Waals surface area contributed by atoms with Crippen molar-refractivity contribution in [3.63, 3.8) is 0 Å². The van der Waals surface area contributed by atoms with E-state index in [9.17, 15) is 4.79 Å². The molecular formula is C21H24N2O2. The van der Waals surface area contributed by atoms with Crippen molar-refractivity contribution in [2.45, 2.75) is 51.2 Å². The molecule has 1 atom stereocenters. The van der Waals surface area contributed by atoms with Crippen LogP contribution in [0, 0.1) is 0 Å². The summed E-state index contributed by atoms with van der Waals surface area (Å²) in [5, 5.41) is 3.19. The second-order valence-electron chi connectivity index (χ2n) is 7.73. The predicted octanol–water partition coefficient (Wildman–Crippen LogP) is 3.79. The van der Waals surface area contributed by atoms with Crippen LogP contribution in [-0.2, 0) is 12.8 Å². The maximum absolute atomic E-state index is 12.8. The lowest BCUT2D eigenvalue weighted by Gasteiger charge is -2.38. The van der Waals surface area contributed by atoms with Gasteiger partial charge in [-0.2, -0.15) is 0 Å². The summed E-state index contributed by atoms with van der Waals surface area (Å²) in [6.45, 7) is 4.09. The van der Waals surface area contributed by atoms with Crippen molar-refractivity contribution >= 4 is 11.6 Å². The van der Waals surface area contributed by atoms with Crippen molar-refractivity contribution < 1.29 is 9.53 Å². The average Bonchev–Trinajstić information content (AvgIpc) is 3.02. The third kappa shape index (κ3) is 3.09. The number of ether oxygens (including phenoxy) is 1. The van der Waals surface area contributed by atoms with Gasteiger partial charge in [-0.25, -0.2) is 0 Å². The lowest BCUT2D eigenvalue weighted by atomic mass is 9.89. The number of anilines is 1. The van der Waals surface area contributed by atoms with Crippen LogP contribution in [0.3, 0.4) is 0 Å². The minimum absolute atomic E-state index is 0.0363. The summed E-state index contributed by atoms with van der Waals surface area (Å²) in [6.07, 6.45) is 4.08. The van der Waals surface area contributed by atoms with E-state index in [1.54, 1.807) is 0 Å². The molecule has 0 bridgehead atoms. The number of nitrogens with one attached hydrogen (secondary N) is 1. The monoisotopic (exact) mass is 336 g/mol. The molecule has 4 nitrogen and oxygen atoms in total. The van der Waals surface area contributed by atoms with Gasteiger partial charge in [0.05, 0.1) is 6.04 Å². The highest BCUT2D eigenvalue weighted by Gasteiger charge is 2.34.